The van der Waals surface area contributed by atoms with Crippen LogP contribution in [0.2, 0.25) is 0 Å². The molecule has 1 rings (SSSR count). The van der Waals surface area contributed by atoms with Crippen molar-refractivity contribution in [1.29, 1.82) is 0 Å². The Hall–Kier alpha value is -1.02. The SMILES string of the molecule is Cc1cc(C)cc(C(=O)NCCCCCCCl)c1. The van der Waals surface area contributed by atoms with Crippen LogP contribution in [0.4, 0.5) is 0 Å². The molecule has 0 saturated carbocycles. The molecule has 0 saturated heterocycles. The maximum absolute atomic E-state index is 11.9. The van der Waals surface area contributed by atoms with Crippen LogP contribution in [-0.4, -0.2) is 18.3 Å². The fourth-order valence-corrected chi connectivity index (χ4v) is 2.17. The van der Waals surface area contributed by atoms with Gasteiger partial charge in [-0.2, -0.15) is 0 Å². The molecule has 0 atom stereocenters. The molecule has 1 N–H and O–H groups in total. The van der Waals surface area contributed by atoms with E-state index in [1.165, 1.54) is 0 Å². The molecule has 18 heavy (non-hydrogen) atoms. The lowest BCUT2D eigenvalue weighted by Crippen LogP contribution is -2.24. The lowest BCUT2D eigenvalue weighted by Gasteiger charge is -2.07. The Labute approximate surface area is 115 Å². The summed E-state index contributed by atoms with van der Waals surface area (Å²) in [5.41, 5.74) is 3.01. The molecule has 0 aliphatic rings. The maximum atomic E-state index is 11.9. The van der Waals surface area contributed by atoms with Crippen LogP contribution >= 0.6 is 11.6 Å². The summed E-state index contributed by atoms with van der Waals surface area (Å²) in [6, 6.07) is 5.93. The molecule has 0 unspecified atom stereocenters. The van der Waals surface area contributed by atoms with E-state index in [0.717, 1.165) is 54.8 Å². The van der Waals surface area contributed by atoms with Gasteiger partial charge < -0.3 is 5.32 Å². The molecule has 3 heteroatoms. The topological polar surface area (TPSA) is 29.1 Å². The van der Waals surface area contributed by atoms with Gasteiger partial charge >= 0.3 is 0 Å². The number of benzene rings is 1. The average Bonchev–Trinajstić information content (AvgIpc) is 2.32. The molecule has 1 aromatic carbocycles. The second kappa shape index (κ2) is 8.15. The minimum Gasteiger partial charge on any atom is -0.352 e. The van der Waals surface area contributed by atoms with Crippen molar-refractivity contribution in [1.82, 2.24) is 5.32 Å². The first kappa shape index (κ1) is 15.0. The maximum Gasteiger partial charge on any atom is 0.251 e. The number of carbonyl (C=O) groups is 1. The van der Waals surface area contributed by atoms with Gasteiger partial charge in [0.05, 0.1) is 0 Å². The first-order valence-corrected chi connectivity index (χ1v) is 7.09. The van der Waals surface area contributed by atoms with E-state index in [9.17, 15) is 4.79 Å². The highest BCUT2D eigenvalue weighted by Crippen LogP contribution is 2.08. The number of aryl methyl sites for hydroxylation is 2. The van der Waals surface area contributed by atoms with Crippen LogP contribution in [0.3, 0.4) is 0 Å². The van der Waals surface area contributed by atoms with Gasteiger partial charge in [0.15, 0.2) is 0 Å². The van der Waals surface area contributed by atoms with E-state index >= 15 is 0 Å². The normalized spacial score (nSPS) is 10.4. The highest BCUT2D eigenvalue weighted by Gasteiger charge is 2.05. The summed E-state index contributed by atoms with van der Waals surface area (Å²) < 4.78 is 0. The predicted molar refractivity (Wildman–Crippen MR) is 77.4 cm³/mol. The second-order valence-corrected chi connectivity index (χ2v) is 5.11. The first-order valence-electron chi connectivity index (χ1n) is 6.56. The zero-order chi connectivity index (χ0) is 13.4. The van der Waals surface area contributed by atoms with Gasteiger partial charge in [0.2, 0.25) is 0 Å². The largest absolute Gasteiger partial charge is 0.352 e. The minimum atomic E-state index is 0.0270. The molecule has 1 amide bonds. The molecule has 0 fully saturated rings. The Kier molecular flexibility index (Phi) is 6.81. The van der Waals surface area contributed by atoms with Crippen LogP contribution in [0.5, 0.6) is 0 Å². The van der Waals surface area contributed by atoms with E-state index in [1.807, 2.05) is 26.0 Å². The summed E-state index contributed by atoms with van der Waals surface area (Å²) in [6.45, 7) is 4.76. The van der Waals surface area contributed by atoms with Crippen LogP contribution in [0, 0.1) is 13.8 Å². The van der Waals surface area contributed by atoms with Gasteiger partial charge in [0.1, 0.15) is 0 Å². The molecule has 0 heterocycles. The summed E-state index contributed by atoms with van der Waals surface area (Å²) in [7, 11) is 0. The van der Waals surface area contributed by atoms with Crippen molar-refractivity contribution in [2.75, 3.05) is 12.4 Å². The summed E-state index contributed by atoms with van der Waals surface area (Å²) in [6.07, 6.45) is 4.35. The third kappa shape index (κ3) is 5.54. The molecule has 100 valence electrons. The van der Waals surface area contributed by atoms with E-state index in [1.54, 1.807) is 0 Å². The van der Waals surface area contributed by atoms with Gasteiger partial charge in [-0.15, -0.1) is 11.6 Å². The summed E-state index contributed by atoms with van der Waals surface area (Å²) in [5.74, 6) is 0.758. The van der Waals surface area contributed by atoms with Crippen molar-refractivity contribution < 1.29 is 4.79 Å². The standard InChI is InChI=1S/C15H22ClNO/c1-12-9-13(2)11-14(10-12)15(18)17-8-6-4-3-5-7-16/h9-11H,3-8H2,1-2H3,(H,17,18). The van der Waals surface area contributed by atoms with Crippen molar-refractivity contribution in [3.8, 4) is 0 Å². The zero-order valence-electron chi connectivity index (χ0n) is 11.3. The van der Waals surface area contributed by atoms with Crippen LogP contribution < -0.4 is 5.32 Å². The second-order valence-electron chi connectivity index (χ2n) is 4.74. The van der Waals surface area contributed by atoms with E-state index in [-0.39, 0.29) is 5.91 Å². The molecule has 0 spiro atoms. The van der Waals surface area contributed by atoms with E-state index in [0.29, 0.717) is 0 Å². The summed E-state index contributed by atoms with van der Waals surface area (Å²) in [5, 5.41) is 2.96. The van der Waals surface area contributed by atoms with Gasteiger partial charge in [-0.1, -0.05) is 30.0 Å². The molecule has 0 aliphatic carbocycles. The summed E-state index contributed by atoms with van der Waals surface area (Å²) in [4.78, 5) is 11.9. The van der Waals surface area contributed by atoms with E-state index in [2.05, 4.69) is 11.4 Å². The third-order valence-corrected chi connectivity index (χ3v) is 3.10. The molecule has 0 bridgehead atoms. The van der Waals surface area contributed by atoms with Crippen molar-refractivity contribution in [2.24, 2.45) is 0 Å². The quantitative estimate of drug-likeness (QED) is 0.590. The van der Waals surface area contributed by atoms with Gasteiger partial charge in [0.25, 0.3) is 5.91 Å². The smallest absolute Gasteiger partial charge is 0.251 e. The number of amides is 1. The van der Waals surface area contributed by atoms with Crippen LogP contribution in [0.15, 0.2) is 18.2 Å². The number of nitrogens with one attached hydrogen (secondary N) is 1. The number of hydrogen-bond acceptors (Lipinski definition) is 1. The number of alkyl halides is 1. The molecule has 0 aliphatic heterocycles. The average molecular weight is 268 g/mol. The fourth-order valence-electron chi connectivity index (χ4n) is 1.98. The number of hydrogen-bond donors (Lipinski definition) is 1. The van der Waals surface area contributed by atoms with Crippen molar-refractivity contribution >= 4 is 17.5 Å². The lowest BCUT2D eigenvalue weighted by molar-refractivity contribution is 0.0953. The zero-order valence-corrected chi connectivity index (χ0v) is 12.0. The Morgan fingerprint density at radius 1 is 1.06 bits per heavy atom. The Morgan fingerprint density at radius 2 is 1.67 bits per heavy atom. The van der Waals surface area contributed by atoms with Gasteiger partial charge in [-0.3, -0.25) is 4.79 Å². The van der Waals surface area contributed by atoms with Gasteiger partial charge in [0, 0.05) is 18.0 Å². The van der Waals surface area contributed by atoms with Gasteiger partial charge in [-0.05, 0) is 38.8 Å². The number of unbranched alkanes of at least 4 members (excludes halogenated alkanes) is 3. The fraction of sp³-hybridized carbons (Fsp3) is 0.533. The Balaban J connectivity index is 2.32. The summed E-state index contributed by atoms with van der Waals surface area (Å²) >= 11 is 5.60. The van der Waals surface area contributed by atoms with Gasteiger partial charge in [-0.25, -0.2) is 0 Å². The minimum absolute atomic E-state index is 0.0270. The Bertz CT molecular complexity index is 370. The number of halogens is 1. The molecule has 1 aromatic rings. The molecule has 2 nitrogen and oxygen atoms in total. The van der Waals surface area contributed by atoms with E-state index < -0.39 is 0 Å². The Morgan fingerprint density at radius 3 is 2.28 bits per heavy atom. The van der Waals surface area contributed by atoms with Crippen LogP contribution in [0.1, 0.15) is 47.2 Å². The molecular weight excluding hydrogens is 246 g/mol. The monoisotopic (exact) mass is 267 g/mol. The number of carbonyl (C=O) groups excluding carboxylic acids is 1. The highest BCUT2D eigenvalue weighted by molar-refractivity contribution is 6.17. The molecular formula is C15H22ClNO. The third-order valence-electron chi connectivity index (χ3n) is 2.83. The molecule has 0 radical (unpaired) electrons. The molecule has 0 aromatic heterocycles. The van der Waals surface area contributed by atoms with Crippen LogP contribution in [0.25, 0.3) is 0 Å². The number of rotatable bonds is 7. The van der Waals surface area contributed by atoms with Crippen molar-refractivity contribution in [3.05, 3.63) is 34.9 Å². The van der Waals surface area contributed by atoms with Crippen molar-refractivity contribution in [2.45, 2.75) is 39.5 Å². The lowest BCUT2D eigenvalue weighted by atomic mass is 10.1. The predicted octanol–water partition coefficient (Wildman–Crippen LogP) is 3.83. The van der Waals surface area contributed by atoms with E-state index in [4.69, 9.17) is 11.6 Å². The highest BCUT2D eigenvalue weighted by atomic mass is 35.5. The van der Waals surface area contributed by atoms with Crippen molar-refractivity contribution in [3.63, 3.8) is 0 Å². The van der Waals surface area contributed by atoms with Crippen LogP contribution in [-0.2, 0) is 0 Å². The first-order chi connectivity index (χ1) is 8.63.